The van der Waals surface area contributed by atoms with Gasteiger partial charge in [0.15, 0.2) is 0 Å². The summed E-state index contributed by atoms with van der Waals surface area (Å²) in [6.07, 6.45) is 3.06. The molecule has 0 fully saturated rings. The number of aromatic nitrogens is 5. The normalized spacial score (nSPS) is 14.3. The fraction of sp³-hybridized carbons (Fsp3) is 0.571. The Kier molecular flexibility index (Phi) is 3.16. The van der Waals surface area contributed by atoms with Crippen molar-refractivity contribution in [3.05, 3.63) is 39.1 Å². The highest BCUT2D eigenvalue weighted by Crippen LogP contribution is 2.11. The third-order valence-corrected chi connectivity index (χ3v) is 3.91. The summed E-state index contributed by atoms with van der Waals surface area (Å²) >= 11 is 0. The van der Waals surface area contributed by atoms with Gasteiger partial charge in [-0.3, -0.25) is 14.5 Å². The van der Waals surface area contributed by atoms with E-state index in [4.69, 9.17) is 0 Å². The minimum atomic E-state index is -0.0286. The van der Waals surface area contributed by atoms with Crippen LogP contribution in [0.15, 0.2) is 4.79 Å². The molecule has 0 atom stereocenters. The summed E-state index contributed by atoms with van der Waals surface area (Å²) < 4.78 is 3.31. The summed E-state index contributed by atoms with van der Waals surface area (Å²) in [5, 5.41) is 4.44. The predicted octanol–water partition coefficient (Wildman–Crippen LogP) is 1.14. The highest BCUT2D eigenvalue weighted by molar-refractivity contribution is 5.18. The Hall–Kier alpha value is -1.98. The van der Waals surface area contributed by atoms with Crippen LogP contribution in [0.4, 0.5) is 0 Å². The second kappa shape index (κ2) is 4.85. The van der Waals surface area contributed by atoms with E-state index in [1.165, 1.54) is 4.68 Å². The molecule has 20 heavy (non-hydrogen) atoms. The maximum absolute atomic E-state index is 12.3. The van der Waals surface area contributed by atoms with Crippen LogP contribution in [-0.2, 0) is 19.5 Å². The van der Waals surface area contributed by atoms with Gasteiger partial charge in [0.05, 0.1) is 29.3 Å². The van der Waals surface area contributed by atoms with E-state index in [-0.39, 0.29) is 5.69 Å². The second-order valence-electron chi connectivity index (χ2n) is 5.39. The molecule has 2 aromatic heterocycles. The molecule has 0 radical (unpaired) electrons. The highest BCUT2D eigenvalue weighted by atomic mass is 16.2. The van der Waals surface area contributed by atoms with E-state index < -0.39 is 0 Å². The molecule has 2 aromatic rings. The Labute approximate surface area is 117 Å². The van der Waals surface area contributed by atoms with Crippen molar-refractivity contribution in [3.63, 3.8) is 0 Å². The van der Waals surface area contributed by atoms with Crippen molar-refractivity contribution in [2.24, 2.45) is 0 Å². The molecule has 3 rings (SSSR count). The lowest BCUT2D eigenvalue weighted by Gasteiger charge is -2.09. The van der Waals surface area contributed by atoms with Gasteiger partial charge < -0.3 is 0 Å². The second-order valence-corrected chi connectivity index (χ2v) is 5.39. The average molecular weight is 273 g/mol. The van der Waals surface area contributed by atoms with Crippen molar-refractivity contribution >= 4 is 0 Å². The summed E-state index contributed by atoms with van der Waals surface area (Å²) in [7, 11) is 0. The summed E-state index contributed by atoms with van der Waals surface area (Å²) in [6, 6.07) is 0. The van der Waals surface area contributed by atoms with Gasteiger partial charge in [0.1, 0.15) is 5.82 Å². The van der Waals surface area contributed by atoms with Gasteiger partial charge >= 0.3 is 5.69 Å². The van der Waals surface area contributed by atoms with Crippen molar-refractivity contribution in [1.82, 2.24) is 24.3 Å². The van der Waals surface area contributed by atoms with Crippen LogP contribution in [0.3, 0.4) is 0 Å². The molecule has 0 aromatic carbocycles. The molecule has 6 nitrogen and oxygen atoms in total. The molecule has 0 unspecified atom stereocenters. The van der Waals surface area contributed by atoms with Gasteiger partial charge in [0.2, 0.25) is 0 Å². The Balaban J connectivity index is 1.98. The molecule has 0 bridgehead atoms. The van der Waals surface area contributed by atoms with Gasteiger partial charge in [0.25, 0.3) is 0 Å². The molecular weight excluding hydrogens is 254 g/mol. The van der Waals surface area contributed by atoms with Crippen LogP contribution in [0.1, 0.15) is 41.4 Å². The standard InChI is InChI=1S/C14H19N5O/c1-9-10(2)16-12(11(3)15-9)8-19-14(20)18-7-5-4-6-13(18)17-19/h4-8H2,1-3H3. The first-order chi connectivity index (χ1) is 9.56. The third kappa shape index (κ3) is 2.15. The van der Waals surface area contributed by atoms with E-state index in [1.54, 1.807) is 4.57 Å². The number of aryl methyl sites for hydroxylation is 4. The fourth-order valence-corrected chi connectivity index (χ4v) is 2.60. The van der Waals surface area contributed by atoms with Crippen LogP contribution in [0.25, 0.3) is 0 Å². The molecule has 0 saturated heterocycles. The molecular formula is C14H19N5O. The fourth-order valence-electron chi connectivity index (χ4n) is 2.60. The summed E-state index contributed by atoms with van der Waals surface area (Å²) in [6.45, 7) is 6.99. The summed E-state index contributed by atoms with van der Waals surface area (Å²) in [5.41, 5.74) is 3.50. The van der Waals surface area contributed by atoms with Gasteiger partial charge in [-0.25, -0.2) is 9.48 Å². The zero-order valence-electron chi connectivity index (χ0n) is 12.2. The van der Waals surface area contributed by atoms with Gasteiger partial charge in [-0.1, -0.05) is 0 Å². The van der Waals surface area contributed by atoms with Crippen molar-refractivity contribution in [3.8, 4) is 0 Å². The molecule has 1 aliphatic rings. The number of nitrogens with zero attached hydrogens (tertiary/aromatic N) is 5. The van der Waals surface area contributed by atoms with Gasteiger partial charge in [-0.15, -0.1) is 0 Å². The topological polar surface area (TPSA) is 65.6 Å². The van der Waals surface area contributed by atoms with Crippen LogP contribution in [0, 0.1) is 20.8 Å². The van der Waals surface area contributed by atoms with E-state index in [2.05, 4.69) is 15.1 Å². The van der Waals surface area contributed by atoms with E-state index in [9.17, 15) is 4.79 Å². The zero-order chi connectivity index (χ0) is 14.3. The van der Waals surface area contributed by atoms with E-state index in [1.807, 2.05) is 20.8 Å². The smallest absolute Gasteiger partial charge is 0.279 e. The average Bonchev–Trinajstić information content (AvgIpc) is 2.73. The van der Waals surface area contributed by atoms with Crippen molar-refractivity contribution in [2.45, 2.75) is 53.1 Å². The minimum Gasteiger partial charge on any atom is -0.279 e. The molecule has 0 amide bonds. The Morgan fingerprint density at radius 3 is 2.55 bits per heavy atom. The number of hydrogen-bond acceptors (Lipinski definition) is 4. The molecule has 0 saturated carbocycles. The summed E-state index contributed by atoms with van der Waals surface area (Å²) in [4.78, 5) is 21.3. The van der Waals surface area contributed by atoms with Crippen LogP contribution in [0.2, 0.25) is 0 Å². The van der Waals surface area contributed by atoms with Gasteiger partial charge in [0, 0.05) is 13.0 Å². The molecule has 1 aliphatic heterocycles. The number of rotatable bonds is 2. The minimum absolute atomic E-state index is 0.0286. The van der Waals surface area contributed by atoms with E-state index in [0.29, 0.717) is 6.54 Å². The predicted molar refractivity (Wildman–Crippen MR) is 74.8 cm³/mol. The van der Waals surface area contributed by atoms with E-state index in [0.717, 1.165) is 54.4 Å². The van der Waals surface area contributed by atoms with Gasteiger partial charge in [-0.2, -0.15) is 5.10 Å². The Bertz CT molecular complexity index is 713. The molecule has 3 heterocycles. The van der Waals surface area contributed by atoms with Crippen LogP contribution in [0.5, 0.6) is 0 Å². The first kappa shape index (κ1) is 13.0. The van der Waals surface area contributed by atoms with E-state index >= 15 is 0 Å². The van der Waals surface area contributed by atoms with Crippen LogP contribution < -0.4 is 5.69 Å². The SMILES string of the molecule is Cc1nc(C)c(Cn2nc3n(c2=O)CCCC3)nc1C. The lowest BCUT2D eigenvalue weighted by molar-refractivity contribution is 0.511. The summed E-state index contributed by atoms with van der Waals surface area (Å²) in [5.74, 6) is 0.899. The molecule has 0 N–H and O–H groups in total. The molecule has 0 spiro atoms. The molecule has 106 valence electrons. The maximum atomic E-state index is 12.3. The van der Waals surface area contributed by atoms with Crippen molar-refractivity contribution in [2.75, 3.05) is 0 Å². The van der Waals surface area contributed by atoms with Crippen LogP contribution >= 0.6 is 0 Å². The monoisotopic (exact) mass is 273 g/mol. The lowest BCUT2D eigenvalue weighted by atomic mass is 10.2. The Morgan fingerprint density at radius 2 is 1.80 bits per heavy atom. The largest absolute Gasteiger partial charge is 0.346 e. The first-order valence-corrected chi connectivity index (χ1v) is 7.03. The number of fused-ring (bicyclic) bond motifs is 1. The maximum Gasteiger partial charge on any atom is 0.346 e. The first-order valence-electron chi connectivity index (χ1n) is 7.03. The van der Waals surface area contributed by atoms with Crippen molar-refractivity contribution in [1.29, 1.82) is 0 Å². The third-order valence-electron chi connectivity index (χ3n) is 3.91. The van der Waals surface area contributed by atoms with Crippen molar-refractivity contribution < 1.29 is 0 Å². The highest BCUT2D eigenvalue weighted by Gasteiger charge is 2.17. The Morgan fingerprint density at radius 1 is 1.05 bits per heavy atom. The molecule has 0 aliphatic carbocycles. The lowest BCUT2D eigenvalue weighted by Crippen LogP contribution is -2.27. The quantitative estimate of drug-likeness (QED) is 0.823. The zero-order valence-corrected chi connectivity index (χ0v) is 12.2. The van der Waals surface area contributed by atoms with Crippen LogP contribution in [-0.4, -0.2) is 24.3 Å². The molecule has 6 heteroatoms. The van der Waals surface area contributed by atoms with Gasteiger partial charge in [-0.05, 0) is 33.6 Å². The number of hydrogen-bond donors (Lipinski definition) is 0.